The van der Waals surface area contributed by atoms with Crippen molar-refractivity contribution in [1.29, 1.82) is 5.41 Å². The number of allylic oxidation sites excluding steroid dienone is 6. The Balaban J connectivity index is 2.05. The van der Waals surface area contributed by atoms with E-state index in [9.17, 15) is 0 Å². The standard InChI is InChI=1S/C20H25N/c1-20(2,3)19(21)14-8-10-16-9-7-13-18(15-16)17-11-5-4-6-12-17/h4-5,7-9,11,13-15,21H,6,10,12H2,1-3H3/b14-8-,21-19?. The van der Waals surface area contributed by atoms with E-state index in [4.69, 9.17) is 5.41 Å². The third-order valence-electron chi connectivity index (χ3n) is 3.76. The number of nitrogens with one attached hydrogen (secondary N) is 1. The lowest BCUT2D eigenvalue weighted by molar-refractivity contribution is 0.590. The van der Waals surface area contributed by atoms with Crippen molar-refractivity contribution in [3.8, 4) is 0 Å². The highest BCUT2D eigenvalue weighted by atomic mass is 14.4. The molecule has 1 aliphatic rings. The first-order valence-corrected chi connectivity index (χ1v) is 7.67. The van der Waals surface area contributed by atoms with Gasteiger partial charge < -0.3 is 5.41 Å². The maximum atomic E-state index is 8.01. The Kier molecular flexibility index (Phi) is 4.95. The maximum Gasteiger partial charge on any atom is 0.0364 e. The summed E-state index contributed by atoms with van der Waals surface area (Å²) < 4.78 is 0. The average Bonchev–Trinajstić information content (AvgIpc) is 2.47. The minimum absolute atomic E-state index is 0.0718. The molecule has 0 atom stereocenters. The summed E-state index contributed by atoms with van der Waals surface area (Å²) in [4.78, 5) is 0. The van der Waals surface area contributed by atoms with Crippen molar-refractivity contribution in [2.45, 2.75) is 40.0 Å². The molecule has 1 N–H and O–H groups in total. The van der Waals surface area contributed by atoms with Crippen LogP contribution in [0.3, 0.4) is 0 Å². The summed E-state index contributed by atoms with van der Waals surface area (Å²) in [7, 11) is 0. The summed E-state index contributed by atoms with van der Waals surface area (Å²) in [5, 5.41) is 8.01. The lowest BCUT2D eigenvalue weighted by Gasteiger charge is -2.16. The third-order valence-corrected chi connectivity index (χ3v) is 3.76. The lowest BCUT2D eigenvalue weighted by Crippen LogP contribution is -2.16. The number of hydrogen-bond acceptors (Lipinski definition) is 1. The van der Waals surface area contributed by atoms with Gasteiger partial charge in [0.05, 0.1) is 0 Å². The monoisotopic (exact) mass is 279 g/mol. The summed E-state index contributed by atoms with van der Waals surface area (Å²) in [5.74, 6) is 0. The summed E-state index contributed by atoms with van der Waals surface area (Å²) in [5.41, 5.74) is 4.67. The van der Waals surface area contributed by atoms with E-state index in [1.54, 1.807) is 0 Å². The molecule has 1 aliphatic carbocycles. The van der Waals surface area contributed by atoms with E-state index in [0.29, 0.717) is 5.71 Å². The predicted molar refractivity (Wildman–Crippen MR) is 92.8 cm³/mol. The van der Waals surface area contributed by atoms with Crippen LogP contribution in [0, 0.1) is 10.8 Å². The lowest BCUT2D eigenvalue weighted by atomic mass is 9.89. The van der Waals surface area contributed by atoms with Crippen LogP contribution >= 0.6 is 0 Å². The Bertz CT molecular complexity index is 595. The van der Waals surface area contributed by atoms with Crippen molar-refractivity contribution in [3.63, 3.8) is 0 Å². The SMILES string of the molecule is CC(C)(C)C(=N)/C=C\Cc1cccc(C2=CC=CCC2)c1. The number of benzene rings is 1. The van der Waals surface area contributed by atoms with Gasteiger partial charge in [-0.2, -0.15) is 0 Å². The van der Waals surface area contributed by atoms with E-state index in [1.807, 2.05) is 6.08 Å². The van der Waals surface area contributed by atoms with Crippen LogP contribution in [0.25, 0.3) is 5.57 Å². The zero-order valence-electron chi connectivity index (χ0n) is 13.3. The van der Waals surface area contributed by atoms with Crippen molar-refractivity contribution >= 4 is 11.3 Å². The van der Waals surface area contributed by atoms with Crippen LogP contribution in [-0.2, 0) is 6.42 Å². The highest BCUT2D eigenvalue weighted by Crippen LogP contribution is 2.24. The normalized spacial score (nSPS) is 15.3. The van der Waals surface area contributed by atoms with Gasteiger partial charge in [0.25, 0.3) is 0 Å². The van der Waals surface area contributed by atoms with E-state index in [0.717, 1.165) is 19.3 Å². The second kappa shape index (κ2) is 6.71. The third kappa shape index (κ3) is 4.56. The number of hydrogen-bond donors (Lipinski definition) is 1. The van der Waals surface area contributed by atoms with Crippen LogP contribution in [0.1, 0.15) is 44.7 Å². The molecule has 0 fully saturated rings. The van der Waals surface area contributed by atoms with Crippen LogP contribution in [0.15, 0.2) is 54.6 Å². The molecule has 1 nitrogen and oxygen atoms in total. The maximum absolute atomic E-state index is 8.01. The van der Waals surface area contributed by atoms with Gasteiger partial charge in [0, 0.05) is 11.1 Å². The van der Waals surface area contributed by atoms with Crippen molar-refractivity contribution in [1.82, 2.24) is 0 Å². The van der Waals surface area contributed by atoms with Crippen molar-refractivity contribution < 1.29 is 0 Å². The van der Waals surface area contributed by atoms with Gasteiger partial charge in [-0.1, -0.05) is 69.3 Å². The first-order chi connectivity index (χ1) is 9.97. The zero-order chi connectivity index (χ0) is 15.3. The van der Waals surface area contributed by atoms with Gasteiger partial charge in [0.1, 0.15) is 0 Å². The molecule has 0 radical (unpaired) electrons. The van der Waals surface area contributed by atoms with E-state index >= 15 is 0 Å². The molecule has 0 unspecified atom stereocenters. The molecule has 0 bridgehead atoms. The van der Waals surface area contributed by atoms with E-state index in [2.05, 4.69) is 69.3 Å². The molecule has 0 amide bonds. The van der Waals surface area contributed by atoms with Crippen LogP contribution in [0.5, 0.6) is 0 Å². The van der Waals surface area contributed by atoms with Gasteiger partial charge in [-0.15, -0.1) is 0 Å². The fourth-order valence-corrected chi connectivity index (χ4v) is 2.30. The first-order valence-electron chi connectivity index (χ1n) is 7.67. The molecule has 0 aliphatic heterocycles. The Labute approximate surface area is 128 Å². The van der Waals surface area contributed by atoms with Crippen LogP contribution in [0.2, 0.25) is 0 Å². The average molecular weight is 279 g/mol. The van der Waals surface area contributed by atoms with Gasteiger partial charge >= 0.3 is 0 Å². The fourth-order valence-electron chi connectivity index (χ4n) is 2.30. The summed E-state index contributed by atoms with van der Waals surface area (Å²) >= 11 is 0. The van der Waals surface area contributed by atoms with Gasteiger partial charge in [0.15, 0.2) is 0 Å². The molecule has 21 heavy (non-hydrogen) atoms. The summed E-state index contributed by atoms with van der Waals surface area (Å²) in [6.45, 7) is 6.22. The van der Waals surface area contributed by atoms with Gasteiger partial charge in [0.2, 0.25) is 0 Å². The van der Waals surface area contributed by atoms with Gasteiger partial charge in [-0.05, 0) is 42.0 Å². The smallest absolute Gasteiger partial charge is 0.0364 e. The number of rotatable bonds is 4. The highest BCUT2D eigenvalue weighted by molar-refractivity contribution is 5.96. The molecule has 0 aromatic heterocycles. The first kappa shape index (κ1) is 15.5. The Morgan fingerprint density at radius 3 is 2.76 bits per heavy atom. The largest absolute Gasteiger partial charge is 0.305 e. The van der Waals surface area contributed by atoms with Gasteiger partial charge in [-0.25, -0.2) is 0 Å². The molecule has 1 heteroatoms. The van der Waals surface area contributed by atoms with Gasteiger partial charge in [-0.3, -0.25) is 0 Å². The topological polar surface area (TPSA) is 23.9 Å². The summed E-state index contributed by atoms with van der Waals surface area (Å²) in [6.07, 6.45) is 13.8. The molecular weight excluding hydrogens is 254 g/mol. The second-order valence-electron chi connectivity index (χ2n) is 6.63. The molecular formula is C20H25N. The molecule has 2 rings (SSSR count). The molecule has 0 saturated carbocycles. The van der Waals surface area contributed by atoms with Crippen LogP contribution < -0.4 is 0 Å². The van der Waals surface area contributed by atoms with E-state index in [1.165, 1.54) is 16.7 Å². The zero-order valence-corrected chi connectivity index (χ0v) is 13.3. The van der Waals surface area contributed by atoms with E-state index in [-0.39, 0.29) is 5.41 Å². The molecule has 0 heterocycles. The molecule has 110 valence electrons. The molecule has 1 aromatic rings. The van der Waals surface area contributed by atoms with Crippen molar-refractivity contribution in [2.24, 2.45) is 5.41 Å². The minimum atomic E-state index is -0.0718. The Hall–Kier alpha value is -1.89. The highest BCUT2D eigenvalue weighted by Gasteiger charge is 2.13. The van der Waals surface area contributed by atoms with Crippen LogP contribution in [-0.4, -0.2) is 5.71 Å². The Morgan fingerprint density at radius 2 is 2.10 bits per heavy atom. The van der Waals surface area contributed by atoms with Crippen molar-refractivity contribution in [2.75, 3.05) is 0 Å². The molecule has 0 spiro atoms. The van der Waals surface area contributed by atoms with Crippen LogP contribution in [0.4, 0.5) is 0 Å². The minimum Gasteiger partial charge on any atom is -0.305 e. The van der Waals surface area contributed by atoms with Crippen molar-refractivity contribution in [3.05, 3.63) is 65.8 Å². The Morgan fingerprint density at radius 1 is 1.29 bits per heavy atom. The van der Waals surface area contributed by atoms with E-state index < -0.39 is 0 Å². The predicted octanol–water partition coefficient (Wildman–Crippen LogP) is 5.58. The fraction of sp³-hybridized carbons (Fsp3) is 0.350. The second-order valence-corrected chi connectivity index (χ2v) is 6.63. The summed E-state index contributed by atoms with van der Waals surface area (Å²) in [6, 6.07) is 8.76. The molecule has 1 aromatic carbocycles. The quantitative estimate of drug-likeness (QED) is 0.695. The molecule has 0 saturated heterocycles.